The highest BCUT2D eigenvalue weighted by Gasteiger charge is 2.07. The number of nitrogens with one attached hydrogen (secondary N) is 1. The predicted molar refractivity (Wildman–Crippen MR) is 76.6 cm³/mol. The lowest BCUT2D eigenvalue weighted by atomic mass is 10.2. The van der Waals surface area contributed by atoms with Gasteiger partial charge in [-0.1, -0.05) is 13.3 Å². The summed E-state index contributed by atoms with van der Waals surface area (Å²) < 4.78 is 0. The number of carbonyl (C=O) groups excluding carboxylic acids is 1. The van der Waals surface area contributed by atoms with Crippen molar-refractivity contribution < 1.29 is 4.79 Å². The van der Waals surface area contributed by atoms with E-state index in [1.165, 1.54) is 0 Å². The van der Waals surface area contributed by atoms with Crippen LogP contribution in [-0.4, -0.2) is 30.9 Å². The third-order valence-corrected chi connectivity index (χ3v) is 2.83. The van der Waals surface area contributed by atoms with Crippen LogP contribution in [0.3, 0.4) is 0 Å². The van der Waals surface area contributed by atoms with Crippen molar-refractivity contribution in [2.45, 2.75) is 26.7 Å². The monoisotopic (exact) mass is 249 g/mol. The molecule has 1 rings (SSSR count). The van der Waals surface area contributed by atoms with Gasteiger partial charge in [0, 0.05) is 11.4 Å². The summed E-state index contributed by atoms with van der Waals surface area (Å²) in [6, 6.07) is 5.49. The Balaban J connectivity index is 2.49. The highest BCUT2D eigenvalue weighted by Crippen LogP contribution is 2.17. The summed E-state index contributed by atoms with van der Waals surface area (Å²) in [6.45, 7) is 5.45. The largest absolute Gasteiger partial charge is 0.399 e. The number of nitrogens with two attached hydrogens (primary N) is 1. The van der Waals surface area contributed by atoms with E-state index >= 15 is 0 Å². The smallest absolute Gasteiger partial charge is 0.238 e. The number of nitrogen functional groups attached to an aromatic ring is 1. The van der Waals surface area contributed by atoms with E-state index in [0.717, 1.165) is 30.6 Å². The van der Waals surface area contributed by atoms with Crippen LogP contribution in [0.25, 0.3) is 0 Å². The van der Waals surface area contributed by atoms with Crippen molar-refractivity contribution in [2.75, 3.05) is 31.2 Å². The molecule has 1 aromatic carbocycles. The van der Waals surface area contributed by atoms with E-state index in [4.69, 9.17) is 5.73 Å². The minimum atomic E-state index is 0.0153. The van der Waals surface area contributed by atoms with Crippen LogP contribution in [0.1, 0.15) is 25.3 Å². The Morgan fingerprint density at radius 3 is 2.78 bits per heavy atom. The van der Waals surface area contributed by atoms with Crippen LogP contribution in [0, 0.1) is 6.92 Å². The van der Waals surface area contributed by atoms with Crippen molar-refractivity contribution in [3.05, 3.63) is 23.8 Å². The average molecular weight is 249 g/mol. The van der Waals surface area contributed by atoms with Crippen LogP contribution >= 0.6 is 0 Å². The Labute approximate surface area is 109 Å². The summed E-state index contributed by atoms with van der Waals surface area (Å²) in [6.07, 6.45) is 2.26. The molecule has 0 aromatic heterocycles. The van der Waals surface area contributed by atoms with Crippen molar-refractivity contribution in [1.29, 1.82) is 0 Å². The third kappa shape index (κ3) is 4.75. The summed E-state index contributed by atoms with van der Waals surface area (Å²) in [4.78, 5) is 13.9. The molecule has 4 heteroatoms. The number of nitrogens with zero attached hydrogens (tertiary/aromatic N) is 1. The van der Waals surface area contributed by atoms with Gasteiger partial charge in [-0.3, -0.25) is 9.69 Å². The number of hydrogen-bond acceptors (Lipinski definition) is 3. The summed E-state index contributed by atoms with van der Waals surface area (Å²) in [5.41, 5.74) is 8.20. The molecule has 0 saturated carbocycles. The molecule has 0 unspecified atom stereocenters. The predicted octanol–water partition coefficient (Wildman–Crippen LogP) is 2.25. The molecule has 0 radical (unpaired) electrons. The van der Waals surface area contributed by atoms with Gasteiger partial charge in [-0.15, -0.1) is 0 Å². The van der Waals surface area contributed by atoms with Crippen LogP contribution in [0.2, 0.25) is 0 Å². The quantitative estimate of drug-likeness (QED) is 0.760. The molecule has 3 N–H and O–H groups in total. The van der Waals surface area contributed by atoms with Crippen molar-refractivity contribution in [2.24, 2.45) is 0 Å². The minimum Gasteiger partial charge on any atom is -0.399 e. The van der Waals surface area contributed by atoms with Gasteiger partial charge in [-0.05, 0) is 50.7 Å². The number of amides is 1. The van der Waals surface area contributed by atoms with Crippen LogP contribution in [0.15, 0.2) is 18.2 Å². The first-order valence-electron chi connectivity index (χ1n) is 6.37. The van der Waals surface area contributed by atoms with Gasteiger partial charge < -0.3 is 11.1 Å². The summed E-state index contributed by atoms with van der Waals surface area (Å²) >= 11 is 0. The highest BCUT2D eigenvalue weighted by molar-refractivity contribution is 5.93. The molecule has 0 fully saturated rings. The Bertz CT molecular complexity index is 404. The van der Waals surface area contributed by atoms with Gasteiger partial charge in [0.1, 0.15) is 0 Å². The number of carbonyl (C=O) groups is 1. The molecule has 1 amide bonds. The second-order valence-electron chi connectivity index (χ2n) is 4.71. The fraction of sp³-hybridized carbons (Fsp3) is 0.500. The fourth-order valence-electron chi connectivity index (χ4n) is 1.77. The maximum absolute atomic E-state index is 11.8. The molecule has 0 heterocycles. The van der Waals surface area contributed by atoms with Crippen molar-refractivity contribution >= 4 is 17.3 Å². The van der Waals surface area contributed by atoms with Crippen molar-refractivity contribution in [3.63, 3.8) is 0 Å². The second-order valence-corrected chi connectivity index (χ2v) is 4.71. The van der Waals surface area contributed by atoms with E-state index in [-0.39, 0.29) is 5.91 Å². The molecular formula is C14H23N3O. The molecule has 18 heavy (non-hydrogen) atoms. The summed E-state index contributed by atoms with van der Waals surface area (Å²) in [7, 11) is 1.96. The molecule has 0 bridgehead atoms. The van der Waals surface area contributed by atoms with Gasteiger partial charge >= 0.3 is 0 Å². The fourth-order valence-corrected chi connectivity index (χ4v) is 1.77. The van der Waals surface area contributed by atoms with Gasteiger partial charge in [0.2, 0.25) is 5.91 Å². The van der Waals surface area contributed by atoms with Crippen LogP contribution in [-0.2, 0) is 4.79 Å². The van der Waals surface area contributed by atoms with Crippen LogP contribution in [0.4, 0.5) is 11.4 Å². The molecule has 100 valence electrons. The molecule has 0 saturated heterocycles. The van der Waals surface area contributed by atoms with Gasteiger partial charge in [-0.2, -0.15) is 0 Å². The Morgan fingerprint density at radius 2 is 2.17 bits per heavy atom. The zero-order chi connectivity index (χ0) is 13.5. The van der Waals surface area contributed by atoms with E-state index in [1.807, 2.05) is 31.0 Å². The molecule has 0 aliphatic carbocycles. The number of rotatable bonds is 6. The minimum absolute atomic E-state index is 0.0153. The number of aryl methyl sites for hydroxylation is 1. The lowest BCUT2D eigenvalue weighted by Gasteiger charge is -2.16. The number of benzene rings is 1. The van der Waals surface area contributed by atoms with Crippen molar-refractivity contribution in [3.8, 4) is 0 Å². The number of unbranched alkanes of at least 4 members (excludes halogenated alkanes) is 1. The van der Waals surface area contributed by atoms with E-state index in [2.05, 4.69) is 12.2 Å². The maximum atomic E-state index is 11.8. The standard InChI is InChI=1S/C14H23N3O/c1-4-5-8-17(3)10-14(18)16-13-7-6-12(15)9-11(13)2/h6-7,9H,4-5,8,10,15H2,1-3H3,(H,16,18). The Hall–Kier alpha value is -1.55. The summed E-state index contributed by atoms with van der Waals surface area (Å²) in [5.74, 6) is 0.0153. The Morgan fingerprint density at radius 1 is 1.44 bits per heavy atom. The van der Waals surface area contributed by atoms with Gasteiger partial charge in [0.15, 0.2) is 0 Å². The van der Waals surface area contributed by atoms with E-state index in [0.29, 0.717) is 12.2 Å². The first kappa shape index (κ1) is 14.5. The SMILES string of the molecule is CCCCN(C)CC(=O)Nc1ccc(N)cc1C. The molecule has 0 aliphatic heterocycles. The van der Waals surface area contributed by atoms with E-state index < -0.39 is 0 Å². The molecule has 4 nitrogen and oxygen atoms in total. The van der Waals surface area contributed by atoms with Gasteiger partial charge in [0.05, 0.1) is 6.54 Å². The Kier molecular flexibility index (Phi) is 5.65. The zero-order valence-electron chi connectivity index (χ0n) is 11.5. The van der Waals surface area contributed by atoms with Crippen LogP contribution < -0.4 is 11.1 Å². The van der Waals surface area contributed by atoms with E-state index in [9.17, 15) is 4.79 Å². The second kappa shape index (κ2) is 7.01. The number of likely N-dealkylation sites (N-methyl/N-ethyl adjacent to an activating group) is 1. The molecule has 0 aliphatic rings. The molecule has 1 aromatic rings. The first-order chi connectivity index (χ1) is 8.52. The third-order valence-electron chi connectivity index (χ3n) is 2.83. The van der Waals surface area contributed by atoms with Crippen molar-refractivity contribution in [1.82, 2.24) is 4.90 Å². The maximum Gasteiger partial charge on any atom is 0.238 e. The number of hydrogen-bond donors (Lipinski definition) is 2. The molecular weight excluding hydrogens is 226 g/mol. The first-order valence-corrected chi connectivity index (χ1v) is 6.37. The topological polar surface area (TPSA) is 58.4 Å². The normalized spacial score (nSPS) is 10.7. The zero-order valence-corrected chi connectivity index (χ0v) is 11.5. The highest BCUT2D eigenvalue weighted by atomic mass is 16.2. The van der Waals surface area contributed by atoms with Gasteiger partial charge in [0.25, 0.3) is 0 Å². The molecule has 0 atom stereocenters. The van der Waals surface area contributed by atoms with Crippen LogP contribution in [0.5, 0.6) is 0 Å². The average Bonchev–Trinajstić information content (AvgIpc) is 2.30. The van der Waals surface area contributed by atoms with Gasteiger partial charge in [-0.25, -0.2) is 0 Å². The molecule has 0 spiro atoms. The number of anilines is 2. The summed E-state index contributed by atoms with van der Waals surface area (Å²) in [5, 5.41) is 2.91. The lowest BCUT2D eigenvalue weighted by Crippen LogP contribution is -2.31. The van der Waals surface area contributed by atoms with E-state index in [1.54, 1.807) is 6.07 Å². The lowest BCUT2D eigenvalue weighted by molar-refractivity contribution is -0.117.